The molecule has 0 spiro atoms. The number of pyridine rings is 1. The molecule has 22 heavy (non-hydrogen) atoms. The number of azo groups is 1. The number of aryl methyl sites for hydroxylation is 1. The van der Waals surface area contributed by atoms with E-state index in [0.717, 1.165) is 17.1 Å². The zero-order valence-electron chi connectivity index (χ0n) is 12.6. The standard InChI is InChI=1S/C16H21N4O2/c1-19-8-2-3-15(13-19)18-17-14-4-6-16(7-5-14)20(9-11-21)10-12-22/h2-8,13,21-22H,9-12H2,1H3/q+1. The first-order chi connectivity index (χ1) is 10.7. The predicted octanol–water partition coefficient (Wildman–Crippen LogP) is 1.72. The minimum absolute atomic E-state index is 0.0481. The van der Waals surface area contributed by atoms with Crippen LogP contribution >= 0.6 is 0 Å². The first-order valence-electron chi connectivity index (χ1n) is 7.16. The molecule has 1 aromatic heterocycles. The van der Waals surface area contributed by atoms with E-state index in [2.05, 4.69) is 10.2 Å². The van der Waals surface area contributed by atoms with Gasteiger partial charge in [-0.3, -0.25) is 0 Å². The van der Waals surface area contributed by atoms with E-state index in [1.807, 2.05) is 65.3 Å². The molecular formula is C16H21N4O2+. The van der Waals surface area contributed by atoms with Crippen LogP contribution in [-0.4, -0.2) is 36.5 Å². The third-order valence-electron chi connectivity index (χ3n) is 3.16. The van der Waals surface area contributed by atoms with Crippen molar-refractivity contribution < 1.29 is 14.8 Å². The molecule has 0 atom stereocenters. The lowest BCUT2D eigenvalue weighted by atomic mass is 10.2. The van der Waals surface area contributed by atoms with Gasteiger partial charge in [-0.05, 0) is 30.3 Å². The number of aromatic nitrogens is 1. The zero-order chi connectivity index (χ0) is 15.8. The van der Waals surface area contributed by atoms with Crippen LogP contribution in [0, 0.1) is 0 Å². The molecule has 0 aliphatic heterocycles. The van der Waals surface area contributed by atoms with Crippen LogP contribution in [0.3, 0.4) is 0 Å². The Bertz CT molecular complexity index is 608. The van der Waals surface area contributed by atoms with Gasteiger partial charge in [0.05, 0.1) is 18.9 Å². The quantitative estimate of drug-likeness (QED) is 0.604. The third-order valence-corrected chi connectivity index (χ3v) is 3.16. The molecule has 0 aliphatic rings. The Morgan fingerprint density at radius 1 is 0.955 bits per heavy atom. The van der Waals surface area contributed by atoms with E-state index in [4.69, 9.17) is 10.2 Å². The predicted molar refractivity (Wildman–Crippen MR) is 84.6 cm³/mol. The molecule has 1 heterocycles. The van der Waals surface area contributed by atoms with Gasteiger partial charge in [0, 0.05) is 24.8 Å². The summed E-state index contributed by atoms with van der Waals surface area (Å²) in [6.07, 6.45) is 3.83. The summed E-state index contributed by atoms with van der Waals surface area (Å²) in [5.41, 5.74) is 2.48. The number of aliphatic hydroxyl groups is 2. The van der Waals surface area contributed by atoms with Crippen LogP contribution in [0.5, 0.6) is 0 Å². The van der Waals surface area contributed by atoms with Crippen LogP contribution in [0.15, 0.2) is 59.0 Å². The minimum atomic E-state index is 0.0481. The molecule has 6 nitrogen and oxygen atoms in total. The lowest BCUT2D eigenvalue weighted by Gasteiger charge is -2.22. The van der Waals surface area contributed by atoms with Crippen molar-refractivity contribution in [3.63, 3.8) is 0 Å². The largest absolute Gasteiger partial charge is 0.395 e. The molecule has 2 aromatic rings. The van der Waals surface area contributed by atoms with Crippen molar-refractivity contribution in [2.75, 3.05) is 31.2 Å². The molecule has 0 amide bonds. The Morgan fingerprint density at radius 3 is 2.18 bits per heavy atom. The number of hydrogen-bond donors (Lipinski definition) is 2. The van der Waals surface area contributed by atoms with Crippen molar-refractivity contribution in [3.8, 4) is 0 Å². The van der Waals surface area contributed by atoms with Gasteiger partial charge < -0.3 is 15.1 Å². The SMILES string of the molecule is C[n+]1cccc(N=Nc2ccc(N(CCO)CCO)cc2)c1. The molecule has 0 saturated carbocycles. The van der Waals surface area contributed by atoms with Crippen molar-refractivity contribution in [3.05, 3.63) is 48.8 Å². The third kappa shape index (κ3) is 4.61. The molecule has 0 unspecified atom stereocenters. The molecule has 0 aliphatic carbocycles. The molecular weight excluding hydrogens is 280 g/mol. The van der Waals surface area contributed by atoms with E-state index in [0.29, 0.717) is 13.1 Å². The van der Waals surface area contributed by atoms with Crippen LogP contribution in [0.25, 0.3) is 0 Å². The highest BCUT2D eigenvalue weighted by molar-refractivity contribution is 5.52. The molecule has 0 saturated heterocycles. The highest BCUT2D eigenvalue weighted by Crippen LogP contribution is 2.21. The van der Waals surface area contributed by atoms with Crippen LogP contribution in [0.2, 0.25) is 0 Å². The fourth-order valence-corrected chi connectivity index (χ4v) is 2.09. The summed E-state index contributed by atoms with van der Waals surface area (Å²) < 4.78 is 1.92. The van der Waals surface area contributed by atoms with Crippen molar-refractivity contribution >= 4 is 17.1 Å². The van der Waals surface area contributed by atoms with Gasteiger partial charge in [0.2, 0.25) is 0 Å². The topological polar surface area (TPSA) is 72.3 Å². The normalized spacial score (nSPS) is 11.0. The number of nitrogens with zero attached hydrogens (tertiary/aromatic N) is 4. The number of anilines is 1. The maximum Gasteiger partial charge on any atom is 0.196 e. The molecule has 0 radical (unpaired) electrons. The summed E-state index contributed by atoms with van der Waals surface area (Å²) in [5, 5.41) is 26.5. The van der Waals surface area contributed by atoms with E-state index >= 15 is 0 Å². The van der Waals surface area contributed by atoms with Crippen molar-refractivity contribution in [2.24, 2.45) is 17.3 Å². The summed E-state index contributed by atoms with van der Waals surface area (Å²) in [5.74, 6) is 0. The Morgan fingerprint density at radius 2 is 1.59 bits per heavy atom. The Hall–Kier alpha value is -2.31. The van der Waals surface area contributed by atoms with E-state index in [-0.39, 0.29) is 13.2 Å². The van der Waals surface area contributed by atoms with Crippen LogP contribution in [-0.2, 0) is 7.05 Å². The van der Waals surface area contributed by atoms with Crippen molar-refractivity contribution in [1.82, 2.24) is 0 Å². The lowest BCUT2D eigenvalue weighted by molar-refractivity contribution is -0.670. The molecule has 2 rings (SSSR count). The lowest BCUT2D eigenvalue weighted by Crippen LogP contribution is -2.29. The maximum atomic E-state index is 9.05. The maximum absolute atomic E-state index is 9.05. The average molecular weight is 301 g/mol. The minimum Gasteiger partial charge on any atom is -0.395 e. The molecule has 116 valence electrons. The van der Waals surface area contributed by atoms with Gasteiger partial charge in [-0.1, -0.05) is 0 Å². The van der Waals surface area contributed by atoms with Crippen LogP contribution in [0.1, 0.15) is 0 Å². The Balaban J connectivity index is 2.08. The zero-order valence-corrected chi connectivity index (χ0v) is 12.6. The summed E-state index contributed by atoms with van der Waals surface area (Å²) in [6, 6.07) is 11.4. The smallest absolute Gasteiger partial charge is 0.196 e. The number of aliphatic hydroxyl groups excluding tert-OH is 2. The molecule has 0 fully saturated rings. The number of benzene rings is 1. The molecule has 2 N–H and O–H groups in total. The summed E-state index contributed by atoms with van der Waals surface area (Å²) >= 11 is 0. The van der Waals surface area contributed by atoms with Crippen LogP contribution < -0.4 is 9.47 Å². The van der Waals surface area contributed by atoms with Gasteiger partial charge in [0.25, 0.3) is 0 Å². The van der Waals surface area contributed by atoms with Gasteiger partial charge >= 0.3 is 0 Å². The van der Waals surface area contributed by atoms with Crippen LogP contribution in [0.4, 0.5) is 17.1 Å². The second-order valence-electron chi connectivity index (χ2n) is 4.88. The van der Waals surface area contributed by atoms with Gasteiger partial charge in [-0.15, -0.1) is 5.11 Å². The highest BCUT2D eigenvalue weighted by atomic mass is 16.3. The van der Waals surface area contributed by atoms with Crippen molar-refractivity contribution in [1.29, 1.82) is 0 Å². The Labute approximate surface area is 130 Å². The highest BCUT2D eigenvalue weighted by Gasteiger charge is 2.05. The first-order valence-corrected chi connectivity index (χ1v) is 7.16. The fourth-order valence-electron chi connectivity index (χ4n) is 2.09. The average Bonchev–Trinajstić information content (AvgIpc) is 2.53. The summed E-state index contributed by atoms with van der Waals surface area (Å²) in [7, 11) is 1.94. The first kappa shape index (κ1) is 16.1. The Kier molecular flexibility index (Phi) is 6.00. The van der Waals surface area contributed by atoms with Gasteiger partial charge in [0.1, 0.15) is 12.7 Å². The number of hydrogen-bond acceptors (Lipinski definition) is 5. The summed E-state index contributed by atoms with van der Waals surface area (Å²) in [4.78, 5) is 1.91. The summed E-state index contributed by atoms with van der Waals surface area (Å²) in [6.45, 7) is 1.07. The van der Waals surface area contributed by atoms with Gasteiger partial charge in [-0.2, -0.15) is 5.11 Å². The number of rotatable bonds is 7. The van der Waals surface area contributed by atoms with E-state index in [1.54, 1.807) is 0 Å². The van der Waals surface area contributed by atoms with E-state index in [9.17, 15) is 0 Å². The monoisotopic (exact) mass is 301 g/mol. The second-order valence-corrected chi connectivity index (χ2v) is 4.88. The molecule has 0 bridgehead atoms. The second kappa shape index (κ2) is 8.21. The molecule has 1 aromatic carbocycles. The molecule has 6 heteroatoms. The van der Waals surface area contributed by atoms with E-state index < -0.39 is 0 Å². The van der Waals surface area contributed by atoms with E-state index in [1.165, 1.54) is 0 Å². The van der Waals surface area contributed by atoms with Gasteiger partial charge in [-0.25, -0.2) is 4.57 Å². The van der Waals surface area contributed by atoms with Crippen molar-refractivity contribution in [2.45, 2.75) is 0 Å². The van der Waals surface area contributed by atoms with Gasteiger partial charge in [0.15, 0.2) is 12.4 Å². The fraction of sp³-hybridized carbons (Fsp3) is 0.312.